The molecule has 6 nitrogen and oxygen atoms in total. The topological polar surface area (TPSA) is 78.5 Å². The summed E-state index contributed by atoms with van der Waals surface area (Å²) in [5.74, 6) is 0.0734. The molecule has 1 unspecified atom stereocenters. The summed E-state index contributed by atoms with van der Waals surface area (Å²) in [5.41, 5.74) is 4.16. The highest BCUT2D eigenvalue weighted by molar-refractivity contribution is 6.31. The molecular weight excluding hydrogens is 457 g/mol. The number of phenolic OH excluding ortho intramolecular Hbond substituents is 1. The van der Waals surface area contributed by atoms with E-state index in [1.165, 1.54) is 12.1 Å². The number of aromatic hydroxyl groups is 1. The van der Waals surface area contributed by atoms with Gasteiger partial charge in [-0.3, -0.25) is 9.89 Å². The molecule has 0 fully saturated rings. The van der Waals surface area contributed by atoms with Crippen molar-refractivity contribution in [2.45, 2.75) is 19.5 Å². The number of methoxy groups -OCH3 is 1. The number of carbonyl (C=O) groups excluding carboxylic acids is 1. The zero-order chi connectivity index (χ0) is 24.0. The maximum Gasteiger partial charge on any atom is 0.273 e. The number of aromatic amines is 1. The van der Waals surface area contributed by atoms with E-state index in [4.69, 9.17) is 16.3 Å². The molecule has 0 saturated heterocycles. The van der Waals surface area contributed by atoms with Crippen LogP contribution in [0.3, 0.4) is 0 Å². The molecule has 1 aliphatic heterocycles. The molecular formula is C26H21ClFN3O3. The van der Waals surface area contributed by atoms with Crippen LogP contribution in [-0.2, 0) is 6.54 Å². The molecule has 5 rings (SSSR count). The molecule has 1 aliphatic rings. The van der Waals surface area contributed by atoms with Gasteiger partial charge in [-0.1, -0.05) is 35.9 Å². The van der Waals surface area contributed by atoms with Crippen molar-refractivity contribution >= 4 is 17.5 Å². The number of halogens is 2. The highest BCUT2D eigenvalue weighted by Gasteiger charge is 2.42. The van der Waals surface area contributed by atoms with Crippen LogP contribution in [0.1, 0.15) is 38.8 Å². The van der Waals surface area contributed by atoms with Gasteiger partial charge in [-0.25, -0.2) is 4.39 Å². The van der Waals surface area contributed by atoms with E-state index < -0.39 is 6.04 Å². The average Bonchev–Trinajstić information content (AvgIpc) is 3.37. The molecule has 1 atom stereocenters. The minimum Gasteiger partial charge on any atom is -0.507 e. The van der Waals surface area contributed by atoms with E-state index in [2.05, 4.69) is 10.2 Å². The van der Waals surface area contributed by atoms with Gasteiger partial charge in [0.05, 0.1) is 13.2 Å². The maximum absolute atomic E-state index is 13.5. The predicted octanol–water partition coefficient (Wildman–Crippen LogP) is 5.64. The second kappa shape index (κ2) is 8.50. The molecule has 0 aliphatic carbocycles. The van der Waals surface area contributed by atoms with Crippen molar-refractivity contribution in [3.63, 3.8) is 0 Å². The fourth-order valence-electron chi connectivity index (χ4n) is 4.37. The predicted molar refractivity (Wildman–Crippen MR) is 127 cm³/mol. The number of carbonyl (C=O) groups is 1. The average molecular weight is 478 g/mol. The summed E-state index contributed by atoms with van der Waals surface area (Å²) >= 11 is 6.35. The Balaban J connectivity index is 1.68. The molecule has 3 aromatic carbocycles. The number of nitrogens with one attached hydrogen (secondary N) is 1. The summed E-state index contributed by atoms with van der Waals surface area (Å²) in [4.78, 5) is 15.2. The largest absolute Gasteiger partial charge is 0.507 e. The van der Waals surface area contributed by atoms with Crippen LogP contribution in [-0.4, -0.2) is 33.2 Å². The molecule has 2 N–H and O–H groups in total. The number of amides is 1. The molecule has 0 saturated carbocycles. The number of benzene rings is 3. The molecule has 0 bridgehead atoms. The first-order chi connectivity index (χ1) is 16.4. The molecule has 172 valence electrons. The Hall–Kier alpha value is -3.84. The number of aryl methyl sites for hydroxylation is 1. The summed E-state index contributed by atoms with van der Waals surface area (Å²) in [6.07, 6.45) is 0. The van der Waals surface area contributed by atoms with E-state index >= 15 is 0 Å². The fourth-order valence-corrected chi connectivity index (χ4v) is 4.53. The first kappa shape index (κ1) is 22.0. The number of phenols is 1. The zero-order valence-corrected chi connectivity index (χ0v) is 19.2. The van der Waals surface area contributed by atoms with Gasteiger partial charge < -0.3 is 14.7 Å². The summed E-state index contributed by atoms with van der Waals surface area (Å²) in [5, 5.41) is 18.4. The third-order valence-corrected chi connectivity index (χ3v) is 6.48. The molecule has 4 aromatic rings. The second-order valence-corrected chi connectivity index (χ2v) is 8.63. The van der Waals surface area contributed by atoms with Gasteiger partial charge in [-0.15, -0.1) is 0 Å². The number of rotatable bonds is 5. The zero-order valence-electron chi connectivity index (χ0n) is 18.5. The molecule has 2 heterocycles. The third kappa shape index (κ3) is 3.68. The van der Waals surface area contributed by atoms with E-state index in [-0.39, 0.29) is 24.0 Å². The van der Waals surface area contributed by atoms with Gasteiger partial charge in [0.25, 0.3) is 5.91 Å². The van der Waals surface area contributed by atoms with Crippen molar-refractivity contribution in [2.75, 3.05) is 7.11 Å². The van der Waals surface area contributed by atoms with E-state index in [9.17, 15) is 14.3 Å². The standard InChI is InChI=1S/C26H21ClFN3O3/c1-14-10-21(32)19(12-20(14)27)23-22-24(30-29-23)26(33)31(13-15-6-8-17(28)9-7-15)25(22)16-4-3-5-18(11-16)34-2/h3-12,25,32H,13H2,1-2H3,(H,29,30). The Morgan fingerprint density at radius 3 is 2.68 bits per heavy atom. The highest BCUT2D eigenvalue weighted by atomic mass is 35.5. The van der Waals surface area contributed by atoms with Gasteiger partial charge in [-0.2, -0.15) is 5.10 Å². The summed E-state index contributed by atoms with van der Waals surface area (Å²) in [7, 11) is 1.58. The van der Waals surface area contributed by atoms with Crippen LogP contribution in [0.25, 0.3) is 11.3 Å². The summed E-state index contributed by atoms with van der Waals surface area (Å²) in [6.45, 7) is 2.05. The van der Waals surface area contributed by atoms with E-state index in [0.717, 1.165) is 16.7 Å². The van der Waals surface area contributed by atoms with Gasteiger partial charge in [-0.05, 0) is 60.0 Å². The number of aromatic nitrogens is 2. The normalized spacial score (nSPS) is 15.0. The highest BCUT2D eigenvalue weighted by Crippen LogP contribution is 2.46. The van der Waals surface area contributed by atoms with Gasteiger partial charge in [0.2, 0.25) is 0 Å². The lowest BCUT2D eigenvalue weighted by Gasteiger charge is -2.27. The summed E-state index contributed by atoms with van der Waals surface area (Å²) < 4.78 is 18.9. The number of nitrogens with zero attached hydrogens (tertiary/aromatic N) is 2. The van der Waals surface area contributed by atoms with E-state index in [1.807, 2.05) is 24.3 Å². The van der Waals surface area contributed by atoms with Crippen LogP contribution in [0.15, 0.2) is 60.7 Å². The van der Waals surface area contributed by atoms with Crippen molar-refractivity contribution in [1.29, 1.82) is 0 Å². The molecule has 0 spiro atoms. The number of fused-ring (bicyclic) bond motifs is 1. The van der Waals surface area contributed by atoms with E-state index in [1.54, 1.807) is 43.2 Å². The smallest absolute Gasteiger partial charge is 0.273 e. The number of hydrogen-bond donors (Lipinski definition) is 2. The van der Waals surface area contributed by atoms with Crippen LogP contribution in [0.5, 0.6) is 11.5 Å². The lowest BCUT2D eigenvalue weighted by atomic mass is 9.95. The number of hydrogen-bond acceptors (Lipinski definition) is 4. The lowest BCUT2D eigenvalue weighted by Crippen LogP contribution is -2.29. The minimum absolute atomic E-state index is 0.0185. The maximum atomic E-state index is 13.5. The Labute approximate surface area is 200 Å². The second-order valence-electron chi connectivity index (χ2n) is 8.22. The van der Waals surface area contributed by atoms with Crippen LogP contribution < -0.4 is 4.74 Å². The van der Waals surface area contributed by atoms with Crippen molar-refractivity contribution in [3.05, 3.63) is 99.5 Å². The van der Waals surface area contributed by atoms with Crippen molar-refractivity contribution in [1.82, 2.24) is 15.1 Å². The van der Waals surface area contributed by atoms with Gasteiger partial charge in [0.15, 0.2) is 0 Å². The molecule has 34 heavy (non-hydrogen) atoms. The van der Waals surface area contributed by atoms with Gasteiger partial charge >= 0.3 is 0 Å². The fraction of sp³-hybridized carbons (Fsp3) is 0.154. The summed E-state index contributed by atoms with van der Waals surface area (Å²) in [6, 6.07) is 16.2. The Kier molecular flexibility index (Phi) is 5.49. The Morgan fingerprint density at radius 2 is 1.94 bits per heavy atom. The van der Waals surface area contributed by atoms with Crippen molar-refractivity contribution in [3.8, 4) is 22.8 Å². The lowest BCUT2D eigenvalue weighted by molar-refractivity contribution is 0.0730. The van der Waals surface area contributed by atoms with Gasteiger partial charge in [0, 0.05) is 22.7 Å². The van der Waals surface area contributed by atoms with Crippen LogP contribution in [0.2, 0.25) is 5.02 Å². The van der Waals surface area contributed by atoms with Crippen LogP contribution in [0.4, 0.5) is 4.39 Å². The SMILES string of the molecule is COc1cccc(C2c3c(-c4cc(Cl)c(C)cc4O)n[nH]c3C(=O)N2Cc2ccc(F)cc2)c1. The van der Waals surface area contributed by atoms with Crippen molar-refractivity contribution in [2.24, 2.45) is 0 Å². The molecule has 1 aromatic heterocycles. The molecule has 8 heteroatoms. The number of ether oxygens (including phenoxy) is 1. The Bertz CT molecular complexity index is 1400. The van der Waals surface area contributed by atoms with Gasteiger partial charge in [0.1, 0.15) is 28.7 Å². The van der Waals surface area contributed by atoms with Crippen LogP contribution in [0, 0.1) is 12.7 Å². The third-order valence-electron chi connectivity index (χ3n) is 6.07. The molecule has 1 amide bonds. The quantitative estimate of drug-likeness (QED) is 0.390. The first-order valence-corrected chi connectivity index (χ1v) is 11.0. The van der Waals surface area contributed by atoms with E-state index in [0.29, 0.717) is 33.3 Å². The molecule has 0 radical (unpaired) electrons. The van der Waals surface area contributed by atoms with Crippen molar-refractivity contribution < 1.29 is 19.0 Å². The first-order valence-electron chi connectivity index (χ1n) is 10.6. The minimum atomic E-state index is -0.518. The van der Waals surface area contributed by atoms with Crippen LogP contribution >= 0.6 is 11.6 Å². The monoisotopic (exact) mass is 477 g/mol. The number of H-pyrrole nitrogens is 1. The Morgan fingerprint density at radius 1 is 1.18 bits per heavy atom.